The number of ether oxygens (including phenoxy) is 2. The number of benzene rings is 4. The summed E-state index contributed by atoms with van der Waals surface area (Å²) in [5, 5.41) is 3.88. The summed E-state index contributed by atoms with van der Waals surface area (Å²) >= 11 is 6.76. The van der Waals surface area contributed by atoms with Crippen molar-refractivity contribution in [3.8, 4) is 11.5 Å². The normalized spacial score (nSPS) is 16.0. The average molecular weight is 724 g/mol. The number of nitrogens with zero attached hydrogens (tertiary/aromatic N) is 4. The molecule has 0 spiro atoms. The first-order valence-electron chi connectivity index (χ1n) is 16.7. The highest BCUT2D eigenvalue weighted by atomic mass is 35.5. The zero-order valence-corrected chi connectivity index (χ0v) is 30.5. The van der Waals surface area contributed by atoms with E-state index in [4.69, 9.17) is 35.1 Å². The lowest BCUT2D eigenvalue weighted by Gasteiger charge is -2.37. The lowest BCUT2D eigenvalue weighted by atomic mass is 9.77. The Balaban J connectivity index is 1.16. The second-order valence-electron chi connectivity index (χ2n) is 13.3. The molecule has 7 rings (SSSR count). The van der Waals surface area contributed by atoms with E-state index in [1.54, 1.807) is 13.4 Å². The van der Waals surface area contributed by atoms with Crippen LogP contribution >= 0.6 is 19.2 Å². The van der Waals surface area contributed by atoms with E-state index in [-0.39, 0.29) is 30.1 Å². The Kier molecular flexibility index (Phi) is 9.61. The van der Waals surface area contributed by atoms with Crippen molar-refractivity contribution >= 4 is 36.3 Å². The lowest BCUT2D eigenvalue weighted by Crippen LogP contribution is -2.38. The molecule has 10 nitrogen and oxygen atoms in total. The van der Waals surface area contributed by atoms with Crippen LogP contribution < -0.4 is 14.6 Å². The van der Waals surface area contributed by atoms with Gasteiger partial charge >= 0.3 is 7.60 Å². The number of fused-ring (bicyclic) bond motifs is 2. The number of hydrogen-bond donors (Lipinski definition) is 1. The van der Waals surface area contributed by atoms with Gasteiger partial charge in [0.25, 0.3) is 0 Å². The highest BCUT2D eigenvalue weighted by molar-refractivity contribution is 7.54. The highest BCUT2D eigenvalue weighted by Gasteiger charge is 2.38. The number of methoxy groups -OCH3 is 1. The molecule has 0 fully saturated rings. The molecule has 1 unspecified atom stereocenters. The maximum atomic E-state index is 13.6. The van der Waals surface area contributed by atoms with Gasteiger partial charge in [-0.1, -0.05) is 123 Å². The van der Waals surface area contributed by atoms with E-state index in [1.807, 2.05) is 83.4 Å². The molecule has 3 heterocycles. The van der Waals surface area contributed by atoms with E-state index in [0.29, 0.717) is 29.4 Å². The third-order valence-corrected chi connectivity index (χ3v) is 10.7. The third kappa shape index (κ3) is 6.97. The van der Waals surface area contributed by atoms with Crippen LogP contribution in [0.1, 0.15) is 48.6 Å². The molecule has 1 aliphatic heterocycles. The molecular weight excluding hydrogens is 685 g/mol. The maximum absolute atomic E-state index is 13.6. The van der Waals surface area contributed by atoms with Crippen molar-refractivity contribution in [1.29, 1.82) is 0 Å². The lowest BCUT2D eigenvalue weighted by molar-refractivity contribution is 0.132. The number of imidazole rings is 1. The van der Waals surface area contributed by atoms with Gasteiger partial charge in [-0.3, -0.25) is 4.52 Å². The molecule has 6 aromatic rings. The Labute approximate surface area is 302 Å². The van der Waals surface area contributed by atoms with Gasteiger partial charge in [-0.2, -0.15) is 9.97 Å². The van der Waals surface area contributed by atoms with Crippen molar-refractivity contribution in [3.05, 3.63) is 142 Å². The van der Waals surface area contributed by atoms with Crippen molar-refractivity contribution in [3.63, 3.8) is 0 Å². The Morgan fingerprint density at radius 1 is 0.882 bits per heavy atom. The van der Waals surface area contributed by atoms with Gasteiger partial charge in [-0.25, -0.2) is 9.55 Å². The zero-order chi connectivity index (χ0) is 35.6. The number of hydrogen-bond acceptors (Lipinski definition) is 9. The van der Waals surface area contributed by atoms with E-state index < -0.39 is 13.1 Å². The Bertz CT molecular complexity index is 2150. The van der Waals surface area contributed by atoms with Gasteiger partial charge in [0, 0.05) is 17.7 Å². The minimum atomic E-state index is -3.54. The van der Waals surface area contributed by atoms with E-state index in [9.17, 15) is 4.57 Å². The Morgan fingerprint density at radius 3 is 2.20 bits per heavy atom. The predicted molar refractivity (Wildman–Crippen MR) is 199 cm³/mol. The summed E-state index contributed by atoms with van der Waals surface area (Å²) in [6.45, 7) is 7.03. The van der Waals surface area contributed by atoms with Crippen LogP contribution in [0.3, 0.4) is 0 Å². The molecule has 1 N–H and O–H groups in total. The molecule has 0 aliphatic carbocycles. The molecule has 0 amide bonds. The molecule has 1 aliphatic rings. The van der Waals surface area contributed by atoms with Gasteiger partial charge < -0.3 is 23.9 Å². The summed E-state index contributed by atoms with van der Waals surface area (Å²) in [5.41, 5.74) is 4.62. The van der Waals surface area contributed by atoms with Crippen LogP contribution in [-0.2, 0) is 37.9 Å². The number of halogens is 1. The molecule has 12 heteroatoms. The molecule has 2 aromatic heterocycles. The first kappa shape index (κ1) is 34.7. The van der Waals surface area contributed by atoms with Crippen molar-refractivity contribution in [2.75, 3.05) is 25.4 Å². The maximum Gasteiger partial charge on any atom is 0.405 e. The Hall–Kier alpha value is -4.73. The van der Waals surface area contributed by atoms with Gasteiger partial charge in [0.15, 0.2) is 17.1 Å². The Morgan fingerprint density at radius 2 is 1.55 bits per heavy atom. The molecule has 0 saturated carbocycles. The second kappa shape index (κ2) is 14.1. The fraction of sp³-hybridized carbons (Fsp3) is 0.256. The summed E-state index contributed by atoms with van der Waals surface area (Å²) in [7, 11) is -1.89. The topological polar surface area (TPSA) is 110 Å². The largest absolute Gasteiger partial charge is 0.497 e. The van der Waals surface area contributed by atoms with Crippen LogP contribution in [0.5, 0.6) is 11.5 Å². The first-order valence-corrected chi connectivity index (χ1v) is 18.8. The zero-order valence-electron chi connectivity index (χ0n) is 28.9. The van der Waals surface area contributed by atoms with Crippen LogP contribution in [0.25, 0.3) is 11.2 Å². The van der Waals surface area contributed by atoms with Crippen molar-refractivity contribution in [2.45, 2.75) is 44.9 Å². The van der Waals surface area contributed by atoms with Crippen molar-refractivity contribution < 1.29 is 23.1 Å². The summed E-state index contributed by atoms with van der Waals surface area (Å²) in [5.74, 6) is 1.67. The van der Waals surface area contributed by atoms with Crippen LogP contribution in [0.15, 0.2) is 109 Å². The fourth-order valence-electron chi connectivity index (χ4n) is 6.36. The monoisotopic (exact) mass is 723 g/mol. The molecule has 0 radical (unpaired) electrons. The van der Waals surface area contributed by atoms with E-state index in [1.165, 1.54) is 0 Å². The SMILES string of the molecule is COc1ccc(C(Nc2nc(Cl)c3ncn(CCOCP4(=O)OCc5cccc(C(C)(C)C)c5O4)c3n2)(c2ccccc2)c2ccccc2)cc1. The average Bonchev–Trinajstić information content (AvgIpc) is 3.55. The molecular formula is C39H39ClN5O5P. The molecule has 51 heavy (non-hydrogen) atoms. The molecule has 4 aromatic carbocycles. The van der Waals surface area contributed by atoms with E-state index >= 15 is 0 Å². The molecule has 0 bridgehead atoms. The highest BCUT2D eigenvalue weighted by Crippen LogP contribution is 2.55. The van der Waals surface area contributed by atoms with E-state index in [2.05, 4.69) is 60.3 Å². The number of rotatable bonds is 11. The van der Waals surface area contributed by atoms with Crippen LogP contribution in [0.4, 0.5) is 5.95 Å². The summed E-state index contributed by atoms with van der Waals surface area (Å²) in [6, 6.07) is 34.1. The predicted octanol–water partition coefficient (Wildman–Crippen LogP) is 8.97. The number of para-hydroxylation sites is 1. The van der Waals surface area contributed by atoms with Gasteiger partial charge in [-0.05, 0) is 34.2 Å². The quantitative estimate of drug-likeness (QED) is 0.0606. The molecule has 262 valence electrons. The van der Waals surface area contributed by atoms with Crippen molar-refractivity contribution in [2.24, 2.45) is 0 Å². The van der Waals surface area contributed by atoms with Crippen LogP contribution in [0, 0.1) is 0 Å². The summed E-state index contributed by atoms with van der Waals surface area (Å²) in [4.78, 5) is 14.1. The summed E-state index contributed by atoms with van der Waals surface area (Å²) < 4.78 is 38.6. The fourth-order valence-corrected chi connectivity index (χ4v) is 7.94. The first-order chi connectivity index (χ1) is 24.6. The van der Waals surface area contributed by atoms with E-state index in [0.717, 1.165) is 33.6 Å². The minimum Gasteiger partial charge on any atom is -0.497 e. The number of aromatic nitrogens is 4. The smallest absolute Gasteiger partial charge is 0.405 e. The minimum absolute atomic E-state index is 0.190. The standard InChI is InChI=1S/C39H39ClN5O5P/c1-38(2,3)32-17-11-12-27-24-49-51(46,50-34(27)32)26-48-23-22-45-25-41-33-35(40)42-37(43-36(33)45)44-39(28-13-7-5-8-14-28,29-15-9-6-10-16-29)30-18-20-31(47-4)21-19-30/h5-21,25H,22-24,26H2,1-4H3,(H,42,43,44). The van der Waals surface area contributed by atoms with Gasteiger partial charge in [0.05, 0.1) is 26.7 Å². The van der Waals surface area contributed by atoms with Gasteiger partial charge in [0.1, 0.15) is 22.6 Å². The number of anilines is 1. The van der Waals surface area contributed by atoms with Crippen LogP contribution in [0.2, 0.25) is 5.15 Å². The van der Waals surface area contributed by atoms with Gasteiger partial charge in [0.2, 0.25) is 5.95 Å². The molecule has 1 atom stereocenters. The van der Waals surface area contributed by atoms with Gasteiger partial charge in [-0.15, -0.1) is 0 Å². The summed E-state index contributed by atoms with van der Waals surface area (Å²) in [6.07, 6.45) is 1.45. The third-order valence-electron chi connectivity index (χ3n) is 8.93. The van der Waals surface area contributed by atoms with Crippen molar-refractivity contribution in [1.82, 2.24) is 19.5 Å². The molecule has 0 saturated heterocycles. The van der Waals surface area contributed by atoms with Crippen LogP contribution in [-0.4, -0.2) is 39.6 Å². The second-order valence-corrected chi connectivity index (χ2v) is 15.6. The number of nitrogens with one attached hydrogen (secondary N) is 1.